The first-order valence-electron chi connectivity index (χ1n) is 10.4. The second-order valence-electron chi connectivity index (χ2n) is 7.50. The normalized spacial score (nSPS) is 16.8. The summed E-state index contributed by atoms with van der Waals surface area (Å²) in [6, 6.07) is 10.1. The highest BCUT2D eigenvalue weighted by Crippen LogP contribution is 2.32. The van der Waals surface area contributed by atoms with Crippen molar-refractivity contribution in [2.24, 2.45) is 0 Å². The van der Waals surface area contributed by atoms with Crippen molar-refractivity contribution in [1.82, 2.24) is 19.9 Å². The molecule has 2 N–H and O–H groups in total. The minimum atomic E-state index is -1.00. The van der Waals surface area contributed by atoms with Crippen molar-refractivity contribution >= 4 is 45.4 Å². The number of rotatable bonds is 7. The molecule has 1 fully saturated rings. The van der Waals surface area contributed by atoms with Crippen LogP contribution in [0, 0.1) is 0 Å². The fourth-order valence-corrected chi connectivity index (χ4v) is 5.51. The van der Waals surface area contributed by atoms with E-state index in [1.165, 1.54) is 11.2 Å². The predicted octanol–water partition coefficient (Wildman–Crippen LogP) is 1.76. The molecule has 1 aliphatic heterocycles. The van der Waals surface area contributed by atoms with Gasteiger partial charge >= 0.3 is 0 Å². The van der Waals surface area contributed by atoms with Crippen LogP contribution >= 0.6 is 11.8 Å². The Morgan fingerprint density at radius 2 is 1.75 bits per heavy atom. The standard InChI is InChI=1S/C21H26N6O3S2/c1-14(28)27(15(2)29)21-24-18-17(19(25-21)26-8-10-32(30)11-9-26)22-13-23-20(18)31-12-16-6-4-3-5-7-16/h3-7,13-15,28-29H,8-12H2,1-2H3. The Kier molecular flexibility index (Phi) is 7.19. The Bertz CT molecular complexity index is 1080. The maximum Gasteiger partial charge on any atom is 0.232 e. The quantitative estimate of drug-likeness (QED) is 0.298. The van der Waals surface area contributed by atoms with E-state index in [2.05, 4.69) is 32.1 Å². The van der Waals surface area contributed by atoms with Gasteiger partial charge in [-0.3, -0.25) is 9.11 Å². The average Bonchev–Trinajstić information content (AvgIpc) is 2.78. The third kappa shape index (κ3) is 5.01. The molecule has 11 heteroatoms. The summed E-state index contributed by atoms with van der Waals surface area (Å²) < 4.78 is 11.9. The Morgan fingerprint density at radius 1 is 1.06 bits per heavy atom. The van der Waals surface area contributed by atoms with Gasteiger partial charge in [0.25, 0.3) is 0 Å². The summed E-state index contributed by atoms with van der Waals surface area (Å²) in [7, 11) is -0.838. The molecule has 170 valence electrons. The summed E-state index contributed by atoms with van der Waals surface area (Å²) in [5.41, 5.74) is 2.32. The zero-order valence-corrected chi connectivity index (χ0v) is 19.6. The van der Waals surface area contributed by atoms with E-state index in [0.717, 1.165) is 5.56 Å². The number of aromatic nitrogens is 4. The van der Waals surface area contributed by atoms with Gasteiger partial charge in [0.05, 0.1) is 0 Å². The number of fused-ring (bicyclic) bond motifs is 1. The number of benzene rings is 1. The topological polar surface area (TPSA) is 116 Å². The number of hydrogen-bond acceptors (Lipinski definition) is 10. The second kappa shape index (κ2) is 10.1. The average molecular weight is 475 g/mol. The number of anilines is 2. The van der Waals surface area contributed by atoms with Crippen molar-refractivity contribution in [3.63, 3.8) is 0 Å². The van der Waals surface area contributed by atoms with E-state index in [1.54, 1.807) is 25.6 Å². The van der Waals surface area contributed by atoms with Gasteiger partial charge in [-0.2, -0.15) is 4.98 Å². The molecule has 1 saturated heterocycles. The van der Waals surface area contributed by atoms with E-state index < -0.39 is 23.3 Å². The smallest absolute Gasteiger partial charge is 0.232 e. The van der Waals surface area contributed by atoms with Gasteiger partial charge in [-0.15, -0.1) is 0 Å². The second-order valence-corrected chi connectivity index (χ2v) is 10.2. The Balaban J connectivity index is 1.80. The maximum absolute atomic E-state index is 11.9. The molecule has 2 unspecified atom stereocenters. The van der Waals surface area contributed by atoms with E-state index in [9.17, 15) is 14.4 Å². The molecule has 0 aliphatic carbocycles. The number of aliphatic hydroxyl groups excluding tert-OH is 2. The number of hydrogen-bond donors (Lipinski definition) is 2. The fraction of sp³-hybridized carbons (Fsp3) is 0.429. The summed E-state index contributed by atoms with van der Waals surface area (Å²) in [4.78, 5) is 21.6. The maximum atomic E-state index is 11.9. The SMILES string of the molecule is CC(O)N(c1nc(N2CCS(=O)CC2)c2ncnc(SCc3ccccc3)c2n1)C(C)O. The summed E-state index contributed by atoms with van der Waals surface area (Å²) in [5, 5.41) is 21.2. The molecule has 0 bridgehead atoms. The lowest BCUT2D eigenvalue weighted by atomic mass is 10.2. The van der Waals surface area contributed by atoms with Crippen LogP contribution in [0.1, 0.15) is 19.4 Å². The van der Waals surface area contributed by atoms with Gasteiger partial charge in [0.1, 0.15) is 34.8 Å². The van der Waals surface area contributed by atoms with Crippen LogP contribution in [0.5, 0.6) is 0 Å². The summed E-state index contributed by atoms with van der Waals surface area (Å²) in [6.45, 7) is 4.27. The van der Waals surface area contributed by atoms with Crippen molar-refractivity contribution in [3.8, 4) is 0 Å². The Morgan fingerprint density at radius 3 is 2.41 bits per heavy atom. The van der Waals surface area contributed by atoms with Crippen molar-refractivity contribution in [3.05, 3.63) is 42.2 Å². The van der Waals surface area contributed by atoms with Gasteiger partial charge in [-0.05, 0) is 19.4 Å². The Labute approximate surface area is 193 Å². The van der Waals surface area contributed by atoms with Crippen molar-refractivity contribution < 1.29 is 14.4 Å². The molecule has 1 aromatic carbocycles. The number of aliphatic hydroxyl groups is 2. The fourth-order valence-electron chi connectivity index (χ4n) is 3.56. The zero-order valence-electron chi connectivity index (χ0n) is 18.0. The lowest BCUT2D eigenvalue weighted by Crippen LogP contribution is -2.42. The first kappa shape index (κ1) is 22.8. The monoisotopic (exact) mass is 474 g/mol. The molecular weight excluding hydrogens is 448 g/mol. The number of nitrogens with zero attached hydrogens (tertiary/aromatic N) is 6. The summed E-state index contributed by atoms with van der Waals surface area (Å²) >= 11 is 1.54. The first-order chi connectivity index (χ1) is 15.4. The molecule has 9 nitrogen and oxygen atoms in total. The highest BCUT2D eigenvalue weighted by atomic mass is 32.2. The van der Waals surface area contributed by atoms with Crippen molar-refractivity contribution in [2.75, 3.05) is 34.4 Å². The van der Waals surface area contributed by atoms with Crippen molar-refractivity contribution in [1.29, 1.82) is 0 Å². The largest absolute Gasteiger partial charge is 0.374 e. The third-order valence-electron chi connectivity index (χ3n) is 5.15. The minimum absolute atomic E-state index is 0.195. The van der Waals surface area contributed by atoms with Crippen molar-refractivity contribution in [2.45, 2.75) is 37.1 Å². The van der Waals surface area contributed by atoms with Gasteiger partial charge in [-0.1, -0.05) is 42.1 Å². The van der Waals surface area contributed by atoms with E-state index in [4.69, 9.17) is 0 Å². The summed E-state index contributed by atoms with van der Waals surface area (Å²) in [6.07, 6.45) is -0.496. The number of thioether (sulfide) groups is 1. The molecule has 3 heterocycles. The molecule has 2 aromatic heterocycles. The van der Waals surface area contributed by atoms with Gasteiger partial charge in [0.2, 0.25) is 5.95 Å². The van der Waals surface area contributed by atoms with Crippen LogP contribution in [0.4, 0.5) is 11.8 Å². The van der Waals surface area contributed by atoms with Crippen LogP contribution in [0.3, 0.4) is 0 Å². The lowest BCUT2D eigenvalue weighted by molar-refractivity contribution is 0.103. The van der Waals surface area contributed by atoms with Crippen LogP contribution in [0.15, 0.2) is 41.7 Å². The Hall–Kier alpha value is -2.34. The van der Waals surface area contributed by atoms with Crippen LogP contribution in [-0.4, -0.2) is 71.4 Å². The molecule has 0 amide bonds. The van der Waals surface area contributed by atoms with Gasteiger partial charge < -0.3 is 15.1 Å². The van der Waals surface area contributed by atoms with Crippen LogP contribution in [0.2, 0.25) is 0 Å². The molecule has 2 atom stereocenters. The predicted molar refractivity (Wildman–Crippen MR) is 127 cm³/mol. The van der Waals surface area contributed by atoms with Gasteiger partial charge in [0, 0.05) is 41.1 Å². The third-order valence-corrected chi connectivity index (χ3v) is 7.48. The molecule has 0 radical (unpaired) electrons. The molecule has 1 aliphatic rings. The van der Waals surface area contributed by atoms with Gasteiger partial charge in [-0.25, -0.2) is 15.0 Å². The van der Waals surface area contributed by atoms with E-state index in [0.29, 0.717) is 52.2 Å². The summed E-state index contributed by atoms with van der Waals surface area (Å²) in [5.74, 6) is 2.61. The van der Waals surface area contributed by atoms with E-state index >= 15 is 0 Å². The zero-order chi connectivity index (χ0) is 22.7. The van der Waals surface area contributed by atoms with E-state index in [-0.39, 0.29) is 5.95 Å². The van der Waals surface area contributed by atoms with Gasteiger partial charge in [0.15, 0.2) is 5.82 Å². The first-order valence-corrected chi connectivity index (χ1v) is 12.8. The molecule has 32 heavy (non-hydrogen) atoms. The molecule has 0 saturated carbocycles. The highest BCUT2D eigenvalue weighted by Gasteiger charge is 2.26. The van der Waals surface area contributed by atoms with Crippen LogP contribution < -0.4 is 9.80 Å². The molecule has 3 aromatic rings. The van der Waals surface area contributed by atoms with Crippen LogP contribution in [0.25, 0.3) is 11.0 Å². The highest BCUT2D eigenvalue weighted by molar-refractivity contribution is 7.98. The molecule has 0 spiro atoms. The lowest BCUT2D eigenvalue weighted by Gasteiger charge is -2.31. The van der Waals surface area contributed by atoms with Crippen LogP contribution in [-0.2, 0) is 16.6 Å². The minimum Gasteiger partial charge on any atom is -0.374 e. The van der Waals surface area contributed by atoms with E-state index in [1.807, 2.05) is 23.1 Å². The molecule has 4 rings (SSSR count). The molecular formula is C21H26N6O3S2.